The molecular weight excluding hydrogens is 518 g/mol. The van der Waals surface area contributed by atoms with Crippen LogP contribution in [0.15, 0.2) is 55.6 Å². The fraction of sp³-hybridized carbons (Fsp3) is 0.606. The molecule has 7 atom stereocenters. The monoisotopic (exact) mass is 565 g/mol. The number of rotatable bonds is 14. The smallest absolute Gasteiger partial charge is 0.248 e. The summed E-state index contributed by atoms with van der Waals surface area (Å²) in [5.41, 5.74) is -1.08. The summed E-state index contributed by atoms with van der Waals surface area (Å²) in [5, 5.41) is 10.2. The van der Waals surface area contributed by atoms with Crippen LogP contribution in [-0.4, -0.2) is 87.1 Å². The quantitative estimate of drug-likeness (QED) is 0.274. The number of aliphatic hydroxyl groups excluding tert-OH is 1. The molecule has 8 heteroatoms. The third-order valence-electron chi connectivity index (χ3n) is 9.56. The van der Waals surface area contributed by atoms with Crippen LogP contribution >= 0.6 is 0 Å². The van der Waals surface area contributed by atoms with Gasteiger partial charge in [-0.3, -0.25) is 14.4 Å². The SMILES string of the molecule is C=CCN(CCCCC)C(=O)C1N([C@H](C)CO)C(=O)[C@@H]2[C@H](C(=O)N(CC=C)Cc3ccccc3)[C@@]3(C)OC12CC3C. The molecule has 1 aromatic rings. The summed E-state index contributed by atoms with van der Waals surface area (Å²) in [6, 6.07) is 8.22. The maximum Gasteiger partial charge on any atom is 0.248 e. The summed E-state index contributed by atoms with van der Waals surface area (Å²) in [7, 11) is 0. The molecule has 3 amide bonds. The molecule has 224 valence electrons. The lowest BCUT2D eigenvalue weighted by atomic mass is 9.62. The number of carbonyl (C=O) groups excluding carboxylic acids is 3. The van der Waals surface area contributed by atoms with Crippen LogP contribution in [-0.2, 0) is 25.7 Å². The van der Waals surface area contributed by atoms with Gasteiger partial charge < -0.3 is 24.5 Å². The zero-order valence-corrected chi connectivity index (χ0v) is 25.1. The molecule has 2 bridgehead atoms. The zero-order chi connectivity index (χ0) is 29.9. The van der Waals surface area contributed by atoms with Crippen LogP contribution in [0.5, 0.6) is 0 Å². The van der Waals surface area contributed by atoms with Crippen molar-refractivity contribution < 1.29 is 24.2 Å². The summed E-state index contributed by atoms with van der Waals surface area (Å²) in [6.07, 6.45) is 6.74. The lowest BCUT2D eigenvalue weighted by molar-refractivity contribution is -0.157. The van der Waals surface area contributed by atoms with Crippen molar-refractivity contribution in [2.45, 2.75) is 83.2 Å². The number of hydrogen-bond acceptors (Lipinski definition) is 5. The Morgan fingerprint density at radius 1 is 1.15 bits per heavy atom. The molecule has 3 saturated heterocycles. The van der Waals surface area contributed by atoms with Crippen LogP contribution in [0.4, 0.5) is 0 Å². The Hall–Kier alpha value is -2.97. The lowest BCUT2D eigenvalue weighted by Crippen LogP contribution is -2.58. The van der Waals surface area contributed by atoms with Crippen molar-refractivity contribution in [2.24, 2.45) is 17.8 Å². The van der Waals surface area contributed by atoms with Gasteiger partial charge >= 0.3 is 0 Å². The Bertz CT molecular complexity index is 1140. The molecule has 3 aliphatic rings. The van der Waals surface area contributed by atoms with Gasteiger partial charge in [0.2, 0.25) is 17.7 Å². The Balaban J connectivity index is 1.77. The van der Waals surface area contributed by atoms with Gasteiger partial charge in [0, 0.05) is 26.2 Å². The summed E-state index contributed by atoms with van der Waals surface area (Å²) < 4.78 is 6.89. The zero-order valence-electron chi connectivity index (χ0n) is 25.1. The number of aliphatic hydroxyl groups is 1. The van der Waals surface area contributed by atoms with Gasteiger partial charge in [-0.1, -0.05) is 69.2 Å². The van der Waals surface area contributed by atoms with E-state index in [1.807, 2.05) is 44.2 Å². The first kappa shape index (κ1) is 31.0. The summed E-state index contributed by atoms with van der Waals surface area (Å²) in [4.78, 5) is 48.3. The molecule has 4 rings (SSSR count). The van der Waals surface area contributed by atoms with Crippen molar-refractivity contribution in [3.05, 3.63) is 61.2 Å². The second-order valence-corrected chi connectivity index (χ2v) is 12.3. The third-order valence-corrected chi connectivity index (χ3v) is 9.56. The number of unbranched alkanes of at least 4 members (excludes halogenated alkanes) is 2. The summed E-state index contributed by atoms with van der Waals surface area (Å²) in [6.45, 7) is 16.9. The minimum atomic E-state index is -1.15. The predicted octanol–water partition coefficient (Wildman–Crippen LogP) is 3.80. The first-order valence-electron chi connectivity index (χ1n) is 15.1. The van der Waals surface area contributed by atoms with Crippen molar-refractivity contribution in [3.8, 4) is 0 Å². The highest BCUT2D eigenvalue weighted by Gasteiger charge is 2.80. The number of nitrogens with zero attached hydrogens (tertiary/aromatic N) is 3. The molecule has 41 heavy (non-hydrogen) atoms. The molecule has 0 aromatic heterocycles. The van der Waals surface area contributed by atoms with Gasteiger partial charge in [0.15, 0.2) is 0 Å². The highest BCUT2D eigenvalue weighted by molar-refractivity contribution is 5.99. The minimum Gasteiger partial charge on any atom is -0.394 e. The Morgan fingerprint density at radius 3 is 2.41 bits per heavy atom. The van der Waals surface area contributed by atoms with Crippen LogP contribution in [0.25, 0.3) is 0 Å². The molecule has 1 N–H and O–H groups in total. The highest BCUT2D eigenvalue weighted by Crippen LogP contribution is 2.65. The first-order valence-corrected chi connectivity index (χ1v) is 15.1. The molecular formula is C33H47N3O5. The van der Waals surface area contributed by atoms with E-state index < -0.39 is 35.1 Å². The largest absolute Gasteiger partial charge is 0.394 e. The molecule has 3 unspecified atom stereocenters. The van der Waals surface area contributed by atoms with Gasteiger partial charge in [0.05, 0.1) is 30.1 Å². The van der Waals surface area contributed by atoms with E-state index in [0.29, 0.717) is 32.6 Å². The molecule has 3 aliphatic heterocycles. The number of hydrogen-bond donors (Lipinski definition) is 1. The maximum absolute atomic E-state index is 14.5. The van der Waals surface area contributed by atoms with Crippen molar-refractivity contribution >= 4 is 17.7 Å². The predicted molar refractivity (Wildman–Crippen MR) is 159 cm³/mol. The van der Waals surface area contributed by atoms with E-state index >= 15 is 0 Å². The van der Waals surface area contributed by atoms with E-state index in [2.05, 4.69) is 20.1 Å². The van der Waals surface area contributed by atoms with Crippen molar-refractivity contribution in [2.75, 3.05) is 26.2 Å². The van der Waals surface area contributed by atoms with Crippen LogP contribution in [0.3, 0.4) is 0 Å². The second kappa shape index (κ2) is 12.5. The number of carbonyl (C=O) groups is 3. The van der Waals surface area contributed by atoms with Crippen LogP contribution in [0.1, 0.15) is 58.9 Å². The molecule has 1 aromatic carbocycles. The Labute approximate surface area is 245 Å². The fourth-order valence-corrected chi connectivity index (χ4v) is 7.46. The van der Waals surface area contributed by atoms with Crippen LogP contribution in [0, 0.1) is 17.8 Å². The summed E-state index contributed by atoms with van der Waals surface area (Å²) >= 11 is 0. The molecule has 0 radical (unpaired) electrons. The van der Waals surface area contributed by atoms with Crippen molar-refractivity contribution in [3.63, 3.8) is 0 Å². The standard InChI is InChI=1S/C33H47N3O5/c1-7-10-14-19-34(17-8-2)31(40)28-33-20-23(4)32(6,41-33)26(27(33)30(39)36(28)24(5)22-37)29(38)35(18-9-3)21-25-15-12-11-13-16-25/h8-9,11-13,15-16,23-24,26-28,37H,2-3,7,10,14,17-22H2,1,4-6H3/t23?,24-,26-,27+,28?,32+,33?/m1/s1. The molecule has 1 spiro atoms. The first-order chi connectivity index (χ1) is 19.6. The van der Waals surface area contributed by atoms with E-state index in [1.165, 1.54) is 4.90 Å². The highest BCUT2D eigenvalue weighted by atomic mass is 16.5. The van der Waals surface area contributed by atoms with Gasteiger partial charge in [-0.25, -0.2) is 0 Å². The minimum absolute atomic E-state index is 0.0598. The number of fused-ring (bicyclic) bond motifs is 1. The molecule has 8 nitrogen and oxygen atoms in total. The molecule has 3 fully saturated rings. The van der Waals surface area contributed by atoms with Gasteiger partial charge in [-0.2, -0.15) is 0 Å². The van der Waals surface area contributed by atoms with Crippen molar-refractivity contribution in [1.29, 1.82) is 0 Å². The second-order valence-electron chi connectivity index (χ2n) is 12.3. The van der Waals surface area contributed by atoms with Crippen molar-refractivity contribution in [1.82, 2.24) is 14.7 Å². The van der Waals surface area contributed by atoms with E-state index in [4.69, 9.17) is 4.74 Å². The number of amides is 3. The summed E-state index contributed by atoms with van der Waals surface area (Å²) in [5.74, 6) is -2.29. The molecule has 0 aliphatic carbocycles. The molecule has 0 saturated carbocycles. The lowest BCUT2D eigenvalue weighted by Gasteiger charge is -2.39. The topological polar surface area (TPSA) is 90.4 Å². The third kappa shape index (κ3) is 5.25. The Morgan fingerprint density at radius 2 is 1.80 bits per heavy atom. The fourth-order valence-electron chi connectivity index (χ4n) is 7.46. The maximum atomic E-state index is 14.5. The van der Waals surface area contributed by atoms with E-state index in [-0.39, 0.29) is 30.2 Å². The van der Waals surface area contributed by atoms with E-state index in [0.717, 1.165) is 24.8 Å². The van der Waals surface area contributed by atoms with Gasteiger partial charge in [-0.15, -0.1) is 13.2 Å². The Kier molecular flexibility index (Phi) is 9.44. The normalized spacial score (nSPS) is 30.7. The number of likely N-dealkylation sites (tertiary alicyclic amines) is 1. The van der Waals surface area contributed by atoms with E-state index in [1.54, 1.807) is 28.9 Å². The van der Waals surface area contributed by atoms with E-state index in [9.17, 15) is 19.5 Å². The average Bonchev–Trinajstić information content (AvgIpc) is 3.48. The number of benzene rings is 1. The average molecular weight is 566 g/mol. The van der Waals surface area contributed by atoms with Crippen LogP contribution < -0.4 is 0 Å². The number of ether oxygens (including phenoxy) is 1. The van der Waals surface area contributed by atoms with Gasteiger partial charge in [0.1, 0.15) is 11.6 Å². The van der Waals surface area contributed by atoms with Gasteiger partial charge in [-0.05, 0) is 38.2 Å². The van der Waals surface area contributed by atoms with Gasteiger partial charge in [0.25, 0.3) is 0 Å². The van der Waals surface area contributed by atoms with Crippen LogP contribution in [0.2, 0.25) is 0 Å². The molecule has 3 heterocycles.